The standard InChI is InChI=1S/C17H23N3/c1-3-18-16-10-7-11-17(20-16)19-14(2)12-13-15-8-5-4-6-9-15/h4-11,14H,3,12-13H2,1-2H3,(H2,18,19,20). The fourth-order valence-electron chi connectivity index (χ4n) is 2.15. The summed E-state index contributed by atoms with van der Waals surface area (Å²) in [5.74, 6) is 1.86. The number of hydrogen-bond acceptors (Lipinski definition) is 3. The Morgan fingerprint density at radius 3 is 2.50 bits per heavy atom. The Labute approximate surface area is 121 Å². The minimum absolute atomic E-state index is 0.402. The van der Waals surface area contributed by atoms with Crippen LogP contribution in [0.25, 0.3) is 0 Å². The first kappa shape index (κ1) is 14.4. The van der Waals surface area contributed by atoms with Crippen LogP contribution in [0.2, 0.25) is 0 Å². The zero-order valence-electron chi connectivity index (χ0n) is 12.3. The molecule has 0 spiro atoms. The van der Waals surface area contributed by atoms with Crippen molar-refractivity contribution in [2.45, 2.75) is 32.7 Å². The SMILES string of the molecule is CCNc1cccc(NC(C)CCc2ccccc2)n1. The zero-order chi connectivity index (χ0) is 14.2. The van der Waals surface area contributed by atoms with Gasteiger partial charge in [0.25, 0.3) is 0 Å². The van der Waals surface area contributed by atoms with Crippen LogP contribution in [-0.2, 0) is 6.42 Å². The van der Waals surface area contributed by atoms with Crippen molar-refractivity contribution in [1.29, 1.82) is 0 Å². The molecule has 3 heteroatoms. The van der Waals surface area contributed by atoms with Crippen molar-refractivity contribution in [3.05, 3.63) is 54.1 Å². The molecule has 0 saturated heterocycles. The fourth-order valence-corrected chi connectivity index (χ4v) is 2.15. The second-order valence-electron chi connectivity index (χ2n) is 5.01. The van der Waals surface area contributed by atoms with Crippen molar-refractivity contribution >= 4 is 11.6 Å². The van der Waals surface area contributed by atoms with Gasteiger partial charge in [-0.1, -0.05) is 36.4 Å². The molecule has 0 fully saturated rings. The second-order valence-corrected chi connectivity index (χ2v) is 5.01. The Morgan fingerprint density at radius 2 is 1.75 bits per heavy atom. The Morgan fingerprint density at radius 1 is 1.00 bits per heavy atom. The summed E-state index contributed by atoms with van der Waals surface area (Å²) in [6, 6.07) is 17.0. The average molecular weight is 269 g/mol. The van der Waals surface area contributed by atoms with Crippen molar-refractivity contribution in [1.82, 2.24) is 4.98 Å². The highest BCUT2D eigenvalue weighted by atomic mass is 15.1. The van der Waals surface area contributed by atoms with Gasteiger partial charge in [-0.3, -0.25) is 0 Å². The summed E-state index contributed by atoms with van der Waals surface area (Å²) in [6.45, 7) is 5.16. The Balaban J connectivity index is 1.84. The molecule has 0 aliphatic carbocycles. The quantitative estimate of drug-likeness (QED) is 0.799. The number of pyridine rings is 1. The van der Waals surface area contributed by atoms with Crippen LogP contribution >= 0.6 is 0 Å². The Hall–Kier alpha value is -2.03. The van der Waals surface area contributed by atoms with Gasteiger partial charge >= 0.3 is 0 Å². The van der Waals surface area contributed by atoms with Crippen LogP contribution in [0.1, 0.15) is 25.8 Å². The first-order valence-corrected chi connectivity index (χ1v) is 7.29. The van der Waals surface area contributed by atoms with E-state index in [1.54, 1.807) is 0 Å². The van der Waals surface area contributed by atoms with Crippen LogP contribution in [0.5, 0.6) is 0 Å². The molecule has 0 bridgehead atoms. The molecule has 2 N–H and O–H groups in total. The molecule has 0 aliphatic rings. The van der Waals surface area contributed by atoms with Crippen LogP contribution in [0.4, 0.5) is 11.6 Å². The molecule has 2 rings (SSSR count). The number of rotatable bonds is 7. The van der Waals surface area contributed by atoms with E-state index in [-0.39, 0.29) is 0 Å². The van der Waals surface area contributed by atoms with Crippen molar-refractivity contribution in [3.8, 4) is 0 Å². The summed E-state index contributed by atoms with van der Waals surface area (Å²) in [4.78, 5) is 4.54. The predicted molar refractivity (Wildman–Crippen MR) is 86.2 cm³/mol. The van der Waals surface area contributed by atoms with Gasteiger partial charge in [-0.15, -0.1) is 0 Å². The van der Waals surface area contributed by atoms with E-state index in [2.05, 4.69) is 59.8 Å². The maximum Gasteiger partial charge on any atom is 0.128 e. The smallest absolute Gasteiger partial charge is 0.128 e. The summed E-state index contributed by atoms with van der Waals surface area (Å²) >= 11 is 0. The van der Waals surface area contributed by atoms with Crippen molar-refractivity contribution < 1.29 is 0 Å². The third-order valence-corrected chi connectivity index (χ3v) is 3.21. The normalized spacial score (nSPS) is 11.9. The van der Waals surface area contributed by atoms with Crippen LogP contribution in [-0.4, -0.2) is 17.6 Å². The number of benzene rings is 1. The van der Waals surface area contributed by atoms with Crippen LogP contribution in [0.3, 0.4) is 0 Å². The van der Waals surface area contributed by atoms with E-state index in [9.17, 15) is 0 Å². The van der Waals surface area contributed by atoms with Gasteiger partial charge in [0.05, 0.1) is 0 Å². The Kier molecular flexibility index (Phi) is 5.42. The molecule has 2 aromatic rings. The zero-order valence-corrected chi connectivity index (χ0v) is 12.3. The molecule has 0 saturated carbocycles. The largest absolute Gasteiger partial charge is 0.370 e. The van der Waals surface area contributed by atoms with Crippen LogP contribution < -0.4 is 10.6 Å². The van der Waals surface area contributed by atoms with Gasteiger partial charge in [-0.05, 0) is 44.4 Å². The summed E-state index contributed by atoms with van der Waals surface area (Å²) in [6.07, 6.45) is 2.18. The lowest BCUT2D eigenvalue weighted by Crippen LogP contribution is -2.17. The van der Waals surface area contributed by atoms with Gasteiger partial charge in [-0.2, -0.15) is 0 Å². The van der Waals surface area contributed by atoms with Crippen LogP contribution in [0, 0.1) is 0 Å². The molecule has 1 aromatic carbocycles. The highest BCUT2D eigenvalue weighted by Crippen LogP contribution is 2.12. The molecular formula is C17H23N3. The third kappa shape index (κ3) is 4.57. The number of nitrogens with one attached hydrogen (secondary N) is 2. The lowest BCUT2D eigenvalue weighted by molar-refractivity contribution is 0.703. The summed E-state index contributed by atoms with van der Waals surface area (Å²) in [7, 11) is 0. The molecule has 1 atom stereocenters. The van der Waals surface area contributed by atoms with Crippen molar-refractivity contribution in [2.75, 3.05) is 17.2 Å². The van der Waals surface area contributed by atoms with E-state index in [1.807, 2.05) is 18.2 Å². The second kappa shape index (κ2) is 7.53. The summed E-state index contributed by atoms with van der Waals surface area (Å²) < 4.78 is 0. The van der Waals surface area contributed by atoms with Gasteiger partial charge in [0.2, 0.25) is 0 Å². The molecule has 1 heterocycles. The predicted octanol–water partition coefficient (Wildman–Crippen LogP) is 3.95. The molecule has 0 aliphatic heterocycles. The van der Waals surface area contributed by atoms with E-state index in [0.29, 0.717) is 6.04 Å². The van der Waals surface area contributed by atoms with Gasteiger partial charge in [0.1, 0.15) is 11.6 Å². The molecule has 0 radical (unpaired) electrons. The highest BCUT2D eigenvalue weighted by molar-refractivity contribution is 5.45. The fraction of sp³-hybridized carbons (Fsp3) is 0.353. The lowest BCUT2D eigenvalue weighted by Gasteiger charge is -2.15. The molecule has 1 unspecified atom stereocenters. The van der Waals surface area contributed by atoms with Crippen LogP contribution in [0.15, 0.2) is 48.5 Å². The van der Waals surface area contributed by atoms with E-state index in [4.69, 9.17) is 0 Å². The number of aromatic nitrogens is 1. The summed E-state index contributed by atoms with van der Waals surface area (Å²) in [5.41, 5.74) is 1.38. The topological polar surface area (TPSA) is 37.0 Å². The molecular weight excluding hydrogens is 246 g/mol. The number of hydrogen-bond donors (Lipinski definition) is 2. The number of aryl methyl sites for hydroxylation is 1. The molecule has 106 valence electrons. The van der Waals surface area contributed by atoms with Crippen molar-refractivity contribution in [3.63, 3.8) is 0 Å². The monoisotopic (exact) mass is 269 g/mol. The minimum Gasteiger partial charge on any atom is -0.370 e. The Bertz CT molecular complexity index is 511. The molecule has 3 nitrogen and oxygen atoms in total. The maximum atomic E-state index is 4.54. The third-order valence-electron chi connectivity index (χ3n) is 3.21. The van der Waals surface area contributed by atoms with Gasteiger partial charge in [0.15, 0.2) is 0 Å². The molecule has 20 heavy (non-hydrogen) atoms. The first-order valence-electron chi connectivity index (χ1n) is 7.29. The molecule has 1 aromatic heterocycles. The minimum atomic E-state index is 0.402. The maximum absolute atomic E-state index is 4.54. The summed E-state index contributed by atoms with van der Waals surface area (Å²) in [5, 5.41) is 6.69. The van der Waals surface area contributed by atoms with E-state index < -0.39 is 0 Å². The molecule has 0 amide bonds. The van der Waals surface area contributed by atoms with E-state index in [0.717, 1.165) is 31.0 Å². The number of nitrogens with zero attached hydrogens (tertiary/aromatic N) is 1. The van der Waals surface area contributed by atoms with Gasteiger partial charge in [-0.25, -0.2) is 4.98 Å². The average Bonchev–Trinajstić information content (AvgIpc) is 2.47. The van der Waals surface area contributed by atoms with Gasteiger partial charge < -0.3 is 10.6 Å². The number of anilines is 2. The van der Waals surface area contributed by atoms with E-state index >= 15 is 0 Å². The van der Waals surface area contributed by atoms with E-state index in [1.165, 1.54) is 5.56 Å². The lowest BCUT2D eigenvalue weighted by atomic mass is 10.1. The highest BCUT2D eigenvalue weighted by Gasteiger charge is 2.04. The van der Waals surface area contributed by atoms with Gasteiger partial charge in [0, 0.05) is 12.6 Å². The first-order chi connectivity index (χ1) is 9.78. The van der Waals surface area contributed by atoms with Crippen molar-refractivity contribution in [2.24, 2.45) is 0 Å².